The van der Waals surface area contributed by atoms with Crippen LogP contribution in [0.3, 0.4) is 0 Å². The summed E-state index contributed by atoms with van der Waals surface area (Å²) in [5.41, 5.74) is 1.07. The Labute approximate surface area is 170 Å². The summed E-state index contributed by atoms with van der Waals surface area (Å²) in [6.07, 6.45) is 2.98. The predicted molar refractivity (Wildman–Crippen MR) is 105 cm³/mol. The molecule has 0 spiro atoms. The molecule has 11 heteroatoms. The Morgan fingerprint density at radius 3 is 2.64 bits per heavy atom. The third-order valence-electron chi connectivity index (χ3n) is 4.11. The van der Waals surface area contributed by atoms with Gasteiger partial charge in [0, 0.05) is 34.3 Å². The molecular formula is C17H16Cl2N6O3. The molecule has 3 aromatic rings. The van der Waals surface area contributed by atoms with Crippen LogP contribution >= 0.6 is 23.2 Å². The fraction of sp³-hybridized carbons (Fsp3) is 0.235. The van der Waals surface area contributed by atoms with E-state index in [1.54, 1.807) is 42.1 Å². The maximum Gasteiger partial charge on any atom is 0.309 e. The maximum atomic E-state index is 12.1. The molecule has 0 saturated carbocycles. The maximum absolute atomic E-state index is 12.1. The van der Waals surface area contributed by atoms with E-state index in [2.05, 4.69) is 15.5 Å². The molecule has 146 valence electrons. The Bertz CT molecular complexity index is 1010. The van der Waals surface area contributed by atoms with Crippen LogP contribution in [0.1, 0.15) is 17.7 Å². The van der Waals surface area contributed by atoms with Gasteiger partial charge in [-0.25, -0.2) is 0 Å². The quantitative estimate of drug-likeness (QED) is 0.461. The molecule has 0 aliphatic carbocycles. The molecule has 0 unspecified atom stereocenters. The van der Waals surface area contributed by atoms with Crippen molar-refractivity contribution in [3.05, 3.63) is 68.1 Å². The number of nitrogens with one attached hydrogen (secondary N) is 1. The van der Waals surface area contributed by atoms with Gasteiger partial charge in [0.15, 0.2) is 5.82 Å². The monoisotopic (exact) mass is 422 g/mol. The number of nitro groups is 1. The lowest BCUT2D eigenvalue weighted by Crippen LogP contribution is -2.16. The van der Waals surface area contributed by atoms with Gasteiger partial charge in [0.2, 0.25) is 5.91 Å². The van der Waals surface area contributed by atoms with Gasteiger partial charge in [0.05, 0.1) is 18.0 Å². The molecule has 0 atom stereocenters. The fourth-order valence-electron chi connectivity index (χ4n) is 2.62. The molecule has 0 aliphatic heterocycles. The molecule has 0 bridgehead atoms. The average molecular weight is 423 g/mol. The summed E-state index contributed by atoms with van der Waals surface area (Å²) in [5.74, 6) is 0.106. The molecule has 0 aliphatic rings. The Balaban J connectivity index is 1.58. The van der Waals surface area contributed by atoms with Crippen molar-refractivity contribution in [2.24, 2.45) is 0 Å². The van der Waals surface area contributed by atoms with Crippen molar-refractivity contribution in [1.29, 1.82) is 0 Å². The number of aromatic nitrogens is 4. The van der Waals surface area contributed by atoms with Crippen LogP contribution in [0.2, 0.25) is 10.0 Å². The van der Waals surface area contributed by atoms with Crippen LogP contribution in [-0.2, 0) is 17.9 Å². The molecule has 1 aromatic carbocycles. The van der Waals surface area contributed by atoms with Crippen molar-refractivity contribution in [3.63, 3.8) is 0 Å². The molecular weight excluding hydrogens is 407 g/mol. The number of halogens is 2. The molecule has 1 amide bonds. The third-order valence-corrected chi connectivity index (χ3v) is 4.82. The van der Waals surface area contributed by atoms with E-state index >= 15 is 0 Å². The normalized spacial score (nSPS) is 10.8. The van der Waals surface area contributed by atoms with Crippen LogP contribution in [0.4, 0.5) is 11.5 Å². The first-order valence-corrected chi connectivity index (χ1v) is 9.03. The predicted octanol–water partition coefficient (Wildman–Crippen LogP) is 3.68. The van der Waals surface area contributed by atoms with E-state index in [1.165, 1.54) is 10.9 Å². The van der Waals surface area contributed by atoms with Crippen molar-refractivity contribution in [2.45, 2.75) is 26.4 Å². The summed E-state index contributed by atoms with van der Waals surface area (Å²) in [5, 5.41) is 22.8. The molecule has 0 saturated heterocycles. The van der Waals surface area contributed by atoms with Gasteiger partial charge in [-0.05, 0) is 19.1 Å². The highest BCUT2D eigenvalue weighted by Gasteiger charge is 2.17. The second-order valence-corrected chi connectivity index (χ2v) is 6.81. The van der Waals surface area contributed by atoms with E-state index < -0.39 is 4.92 Å². The number of hydrogen-bond donors (Lipinski definition) is 1. The lowest BCUT2D eigenvalue weighted by atomic mass is 10.2. The second kappa shape index (κ2) is 8.41. The highest BCUT2D eigenvalue weighted by atomic mass is 35.5. The zero-order valence-corrected chi connectivity index (χ0v) is 16.3. The van der Waals surface area contributed by atoms with Gasteiger partial charge in [-0.15, -0.1) is 0 Å². The first-order chi connectivity index (χ1) is 13.3. The Morgan fingerprint density at radius 1 is 1.29 bits per heavy atom. The highest BCUT2D eigenvalue weighted by Crippen LogP contribution is 2.25. The van der Waals surface area contributed by atoms with E-state index in [9.17, 15) is 14.9 Å². The van der Waals surface area contributed by atoms with Crippen LogP contribution in [0.25, 0.3) is 0 Å². The topological polar surface area (TPSA) is 108 Å². The second-order valence-electron chi connectivity index (χ2n) is 5.99. The van der Waals surface area contributed by atoms with Gasteiger partial charge in [-0.2, -0.15) is 10.2 Å². The number of carbonyl (C=O) groups excluding carboxylic acids is 1. The molecule has 9 nitrogen and oxygen atoms in total. The minimum Gasteiger partial charge on any atom is -0.309 e. The first kappa shape index (κ1) is 19.8. The number of benzene rings is 1. The Morgan fingerprint density at radius 2 is 2.00 bits per heavy atom. The van der Waals surface area contributed by atoms with Crippen LogP contribution in [0, 0.1) is 17.0 Å². The average Bonchev–Trinajstić information content (AvgIpc) is 3.23. The van der Waals surface area contributed by atoms with Crippen molar-refractivity contribution >= 4 is 40.6 Å². The van der Waals surface area contributed by atoms with Gasteiger partial charge in [-0.3, -0.25) is 24.3 Å². The zero-order valence-electron chi connectivity index (χ0n) is 14.8. The zero-order chi connectivity index (χ0) is 20.3. The van der Waals surface area contributed by atoms with Crippen molar-refractivity contribution < 1.29 is 9.72 Å². The fourth-order valence-corrected chi connectivity index (χ4v) is 3.13. The molecule has 28 heavy (non-hydrogen) atoms. The number of carbonyl (C=O) groups is 1. The summed E-state index contributed by atoms with van der Waals surface area (Å²) < 4.78 is 3.04. The Kier molecular flexibility index (Phi) is 5.96. The van der Waals surface area contributed by atoms with Crippen molar-refractivity contribution in [1.82, 2.24) is 19.6 Å². The standard InChI is InChI=1S/C17H16Cl2N6O3/c1-11-15(25(27)28)9-20-24(11)8-6-17(26)21-16-5-7-23(22-16)10-12-13(18)3-2-4-14(12)19/h2-5,7,9H,6,8,10H2,1H3,(H,21,22,26). The summed E-state index contributed by atoms with van der Waals surface area (Å²) in [7, 11) is 0. The highest BCUT2D eigenvalue weighted by molar-refractivity contribution is 6.35. The van der Waals surface area contributed by atoms with E-state index in [1.807, 2.05) is 0 Å². The number of anilines is 1. The van der Waals surface area contributed by atoms with Gasteiger partial charge in [-0.1, -0.05) is 29.3 Å². The van der Waals surface area contributed by atoms with E-state index in [4.69, 9.17) is 23.2 Å². The minimum absolute atomic E-state index is 0.0719. The van der Waals surface area contributed by atoms with E-state index in [0.29, 0.717) is 28.1 Å². The summed E-state index contributed by atoms with van der Waals surface area (Å²) in [6, 6.07) is 6.92. The number of rotatable bonds is 7. The lowest BCUT2D eigenvalue weighted by Gasteiger charge is -2.07. The smallest absolute Gasteiger partial charge is 0.309 e. The molecule has 0 fully saturated rings. The van der Waals surface area contributed by atoms with Gasteiger partial charge in [0.1, 0.15) is 11.9 Å². The van der Waals surface area contributed by atoms with E-state index in [0.717, 1.165) is 5.56 Å². The summed E-state index contributed by atoms with van der Waals surface area (Å²) >= 11 is 12.3. The molecule has 3 rings (SSSR count). The largest absolute Gasteiger partial charge is 0.309 e. The molecule has 2 heterocycles. The van der Waals surface area contributed by atoms with Crippen LogP contribution < -0.4 is 5.32 Å². The minimum atomic E-state index is -0.503. The SMILES string of the molecule is Cc1c([N+](=O)[O-])cnn1CCC(=O)Nc1ccn(Cc2c(Cl)cccc2Cl)n1. The molecule has 0 radical (unpaired) electrons. The van der Waals surface area contributed by atoms with Gasteiger partial charge >= 0.3 is 5.69 Å². The van der Waals surface area contributed by atoms with Gasteiger partial charge in [0.25, 0.3) is 0 Å². The van der Waals surface area contributed by atoms with Crippen LogP contribution in [-0.4, -0.2) is 30.4 Å². The number of hydrogen-bond acceptors (Lipinski definition) is 5. The number of amides is 1. The number of nitrogens with zero attached hydrogens (tertiary/aromatic N) is 5. The van der Waals surface area contributed by atoms with Crippen LogP contribution in [0.15, 0.2) is 36.7 Å². The van der Waals surface area contributed by atoms with E-state index in [-0.39, 0.29) is 24.6 Å². The van der Waals surface area contributed by atoms with Crippen LogP contribution in [0.5, 0.6) is 0 Å². The van der Waals surface area contributed by atoms with Crippen molar-refractivity contribution in [3.8, 4) is 0 Å². The molecule has 2 aromatic heterocycles. The molecule has 1 N–H and O–H groups in total. The summed E-state index contributed by atoms with van der Waals surface area (Å²) in [6.45, 7) is 2.18. The lowest BCUT2D eigenvalue weighted by molar-refractivity contribution is -0.385. The number of aryl methyl sites for hydroxylation is 1. The first-order valence-electron chi connectivity index (χ1n) is 8.28. The third kappa shape index (κ3) is 4.49. The summed E-state index contributed by atoms with van der Waals surface area (Å²) in [4.78, 5) is 22.5. The Hall–Kier alpha value is -2.91. The van der Waals surface area contributed by atoms with Crippen molar-refractivity contribution in [2.75, 3.05) is 5.32 Å². The van der Waals surface area contributed by atoms with Gasteiger partial charge < -0.3 is 5.32 Å².